The summed E-state index contributed by atoms with van der Waals surface area (Å²) in [7, 11) is 0. The van der Waals surface area contributed by atoms with Gasteiger partial charge in [-0.2, -0.15) is 0 Å². The minimum absolute atomic E-state index is 0.111. The van der Waals surface area contributed by atoms with Gasteiger partial charge in [0.2, 0.25) is 0 Å². The van der Waals surface area contributed by atoms with Gasteiger partial charge in [0.05, 0.1) is 6.10 Å². The van der Waals surface area contributed by atoms with Crippen LogP contribution in [0.1, 0.15) is 33.1 Å². The van der Waals surface area contributed by atoms with Crippen molar-refractivity contribution in [3.8, 4) is 0 Å². The van der Waals surface area contributed by atoms with E-state index >= 15 is 0 Å². The van der Waals surface area contributed by atoms with Gasteiger partial charge in [0.1, 0.15) is 6.04 Å². The number of aliphatic hydroxyl groups is 1. The maximum absolute atomic E-state index is 12.3. The van der Waals surface area contributed by atoms with Crippen molar-refractivity contribution in [2.24, 2.45) is 0 Å². The zero-order chi connectivity index (χ0) is 13.7. The molecule has 2 atom stereocenters. The standard InChI is InChI=1S/C12H22N2O4/c1-3-5-13(6-4-2)12(18)14-8-9(15)7-10(14)11(16)17/h9-10,15H,3-8H2,1-2H3,(H,16,17)/t9-,10-/m1/s1. The van der Waals surface area contributed by atoms with E-state index in [1.807, 2.05) is 13.8 Å². The van der Waals surface area contributed by atoms with Gasteiger partial charge in [-0.25, -0.2) is 9.59 Å². The lowest BCUT2D eigenvalue weighted by Gasteiger charge is -2.29. The average molecular weight is 258 g/mol. The van der Waals surface area contributed by atoms with Crippen molar-refractivity contribution in [1.29, 1.82) is 0 Å². The second kappa shape index (κ2) is 6.58. The Balaban J connectivity index is 2.76. The molecule has 2 N–H and O–H groups in total. The smallest absolute Gasteiger partial charge is 0.326 e. The Morgan fingerprint density at radius 1 is 1.28 bits per heavy atom. The third kappa shape index (κ3) is 3.35. The molecule has 18 heavy (non-hydrogen) atoms. The van der Waals surface area contributed by atoms with Crippen LogP contribution in [-0.4, -0.2) is 63.8 Å². The first-order valence-corrected chi connectivity index (χ1v) is 6.47. The lowest BCUT2D eigenvalue weighted by Crippen LogP contribution is -2.48. The van der Waals surface area contributed by atoms with Crippen LogP contribution in [0.25, 0.3) is 0 Å². The zero-order valence-corrected chi connectivity index (χ0v) is 11.0. The van der Waals surface area contributed by atoms with E-state index in [0.717, 1.165) is 12.8 Å². The Kier molecular flexibility index (Phi) is 5.40. The van der Waals surface area contributed by atoms with Crippen LogP contribution in [0.3, 0.4) is 0 Å². The molecule has 2 amide bonds. The summed E-state index contributed by atoms with van der Waals surface area (Å²) in [5.41, 5.74) is 0. The molecular formula is C12H22N2O4. The summed E-state index contributed by atoms with van der Waals surface area (Å²) in [5.74, 6) is -1.05. The normalized spacial score (nSPS) is 23.2. The predicted octanol–water partition coefficient (Wildman–Crippen LogP) is 0.748. The summed E-state index contributed by atoms with van der Waals surface area (Å²) in [6, 6.07) is -1.17. The molecule has 1 rings (SSSR count). The molecule has 0 aromatic heterocycles. The summed E-state index contributed by atoms with van der Waals surface area (Å²) in [4.78, 5) is 26.3. The first-order chi connectivity index (χ1) is 8.51. The van der Waals surface area contributed by atoms with Crippen molar-refractivity contribution in [3.63, 3.8) is 0 Å². The van der Waals surface area contributed by atoms with Crippen LogP contribution in [0.15, 0.2) is 0 Å². The zero-order valence-electron chi connectivity index (χ0n) is 11.0. The Hall–Kier alpha value is -1.30. The van der Waals surface area contributed by atoms with Gasteiger partial charge in [-0.05, 0) is 12.8 Å². The number of aliphatic hydroxyl groups excluding tert-OH is 1. The molecule has 1 heterocycles. The maximum atomic E-state index is 12.3. The summed E-state index contributed by atoms with van der Waals surface area (Å²) in [5, 5.41) is 18.6. The highest BCUT2D eigenvalue weighted by atomic mass is 16.4. The quantitative estimate of drug-likeness (QED) is 0.762. The second-order valence-corrected chi connectivity index (χ2v) is 4.67. The monoisotopic (exact) mass is 258 g/mol. The van der Waals surface area contributed by atoms with E-state index in [2.05, 4.69) is 0 Å². The van der Waals surface area contributed by atoms with Crippen molar-refractivity contribution >= 4 is 12.0 Å². The fraction of sp³-hybridized carbons (Fsp3) is 0.833. The number of carboxylic acid groups (broad SMARTS) is 1. The third-order valence-electron chi connectivity index (χ3n) is 3.07. The molecule has 0 saturated carbocycles. The van der Waals surface area contributed by atoms with Gasteiger partial charge in [-0.15, -0.1) is 0 Å². The number of carbonyl (C=O) groups excluding carboxylic acids is 1. The number of rotatable bonds is 5. The molecule has 0 spiro atoms. The van der Waals surface area contributed by atoms with E-state index in [0.29, 0.717) is 13.1 Å². The number of hydrogen-bond donors (Lipinski definition) is 2. The molecule has 0 unspecified atom stereocenters. The number of amides is 2. The molecule has 0 radical (unpaired) electrons. The topological polar surface area (TPSA) is 81.1 Å². The SMILES string of the molecule is CCCN(CCC)C(=O)N1C[C@H](O)C[C@@H]1C(=O)O. The van der Waals surface area contributed by atoms with E-state index in [9.17, 15) is 14.7 Å². The van der Waals surface area contributed by atoms with Crippen LogP contribution in [0.5, 0.6) is 0 Å². The van der Waals surface area contributed by atoms with Gasteiger partial charge in [0, 0.05) is 26.1 Å². The van der Waals surface area contributed by atoms with Gasteiger partial charge >= 0.3 is 12.0 Å². The van der Waals surface area contributed by atoms with Crippen molar-refractivity contribution < 1.29 is 19.8 Å². The second-order valence-electron chi connectivity index (χ2n) is 4.67. The largest absolute Gasteiger partial charge is 0.480 e. The van der Waals surface area contributed by atoms with E-state index in [1.165, 1.54) is 4.90 Å². The molecule has 0 bridgehead atoms. The van der Waals surface area contributed by atoms with Crippen LogP contribution in [0, 0.1) is 0 Å². The fourth-order valence-corrected chi connectivity index (χ4v) is 2.28. The van der Waals surface area contributed by atoms with E-state index in [-0.39, 0.29) is 19.0 Å². The van der Waals surface area contributed by atoms with Gasteiger partial charge in [0.15, 0.2) is 0 Å². The van der Waals surface area contributed by atoms with E-state index in [4.69, 9.17) is 5.11 Å². The Bertz CT molecular complexity index is 302. The molecule has 1 aliphatic heterocycles. The number of hydrogen-bond acceptors (Lipinski definition) is 3. The third-order valence-corrected chi connectivity index (χ3v) is 3.07. The highest BCUT2D eigenvalue weighted by Crippen LogP contribution is 2.20. The number of β-amino-alcohol motifs (C(OH)–C–C–N with tert-alkyl or cyclic N) is 1. The molecule has 0 aliphatic carbocycles. The van der Waals surface area contributed by atoms with Crippen LogP contribution < -0.4 is 0 Å². The molecular weight excluding hydrogens is 236 g/mol. The highest BCUT2D eigenvalue weighted by Gasteiger charge is 2.40. The van der Waals surface area contributed by atoms with Crippen molar-refractivity contribution in [2.45, 2.75) is 45.3 Å². The van der Waals surface area contributed by atoms with Crippen LogP contribution in [-0.2, 0) is 4.79 Å². The summed E-state index contributed by atoms with van der Waals surface area (Å²) in [6.07, 6.45) is 1.05. The molecule has 104 valence electrons. The van der Waals surface area contributed by atoms with Crippen molar-refractivity contribution in [1.82, 2.24) is 9.80 Å². The van der Waals surface area contributed by atoms with E-state index in [1.54, 1.807) is 4.90 Å². The van der Waals surface area contributed by atoms with Crippen molar-refractivity contribution in [2.75, 3.05) is 19.6 Å². The predicted molar refractivity (Wildman–Crippen MR) is 66.3 cm³/mol. The molecule has 6 heteroatoms. The molecule has 1 aliphatic rings. The lowest BCUT2D eigenvalue weighted by molar-refractivity contribution is -0.141. The van der Waals surface area contributed by atoms with Gasteiger partial charge in [0.25, 0.3) is 0 Å². The number of urea groups is 1. The first-order valence-electron chi connectivity index (χ1n) is 6.47. The molecule has 1 fully saturated rings. The van der Waals surface area contributed by atoms with Gasteiger partial charge in [-0.3, -0.25) is 0 Å². The summed E-state index contributed by atoms with van der Waals surface area (Å²) >= 11 is 0. The lowest BCUT2D eigenvalue weighted by atomic mass is 10.2. The molecule has 0 aromatic carbocycles. The summed E-state index contributed by atoms with van der Waals surface area (Å²) < 4.78 is 0. The Morgan fingerprint density at radius 3 is 2.28 bits per heavy atom. The minimum Gasteiger partial charge on any atom is -0.480 e. The summed E-state index contributed by atoms with van der Waals surface area (Å²) in [6.45, 7) is 5.30. The first kappa shape index (κ1) is 14.8. The number of nitrogens with zero attached hydrogens (tertiary/aromatic N) is 2. The number of carbonyl (C=O) groups is 2. The van der Waals surface area contributed by atoms with Crippen molar-refractivity contribution in [3.05, 3.63) is 0 Å². The molecule has 6 nitrogen and oxygen atoms in total. The Labute approximate surface area is 107 Å². The van der Waals surface area contributed by atoms with Crippen LogP contribution in [0.4, 0.5) is 4.79 Å². The van der Waals surface area contributed by atoms with Crippen LogP contribution >= 0.6 is 0 Å². The number of carboxylic acids is 1. The Morgan fingerprint density at radius 2 is 1.83 bits per heavy atom. The highest BCUT2D eigenvalue weighted by molar-refractivity contribution is 5.83. The van der Waals surface area contributed by atoms with Gasteiger partial charge in [-0.1, -0.05) is 13.8 Å². The fourth-order valence-electron chi connectivity index (χ4n) is 2.28. The molecule has 1 saturated heterocycles. The van der Waals surface area contributed by atoms with Crippen LogP contribution in [0.2, 0.25) is 0 Å². The minimum atomic E-state index is -1.05. The number of aliphatic carboxylic acids is 1. The van der Waals surface area contributed by atoms with E-state index < -0.39 is 18.1 Å². The average Bonchev–Trinajstić information content (AvgIpc) is 2.70. The molecule has 0 aromatic rings. The number of likely N-dealkylation sites (tertiary alicyclic amines) is 1. The van der Waals surface area contributed by atoms with Gasteiger partial charge < -0.3 is 20.0 Å². The maximum Gasteiger partial charge on any atom is 0.326 e.